The zero-order valence-electron chi connectivity index (χ0n) is 14.7. The molecule has 130 valence electrons. The third-order valence-corrected chi connectivity index (χ3v) is 4.21. The number of Topliss-reactive ketones (excluding diaryl/α,β-unsaturated/α-hetero) is 2. The van der Waals surface area contributed by atoms with Gasteiger partial charge in [0.1, 0.15) is 5.75 Å². The van der Waals surface area contributed by atoms with Gasteiger partial charge in [-0.25, -0.2) is 0 Å². The summed E-state index contributed by atoms with van der Waals surface area (Å²) in [5.41, 5.74) is 1.76. The molecule has 1 aliphatic heterocycles. The third-order valence-electron chi connectivity index (χ3n) is 4.21. The molecular formula is C20H20O5. The summed E-state index contributed by atoms with van der Waals surface area (Å²) in [4.78, 5) is 35.1. The van der Waals surface area contributed by atoms with E-state index >= 15 is 0 Å². The van der Waals surface area contributed by atoms with Gasteiger partial charge < -0.3 is 4.74 Å². The SMILES string of the molecule is COc1ccc(C(=O)C2(C(=O)c3ccc(C(C)(C)C)cc3)OO2)cc1. The second kappa shape index (κ2) is 6.10. The number of ketones is 2. The Bertz CT molecular complexity index is 793. The quantitative estimate of drug-likeness (QED) is 0.359. The molecule has 0 aliphatic carbocycles. The first-order valence-corrected chi connectivity index (χ1v) is 7.99. The number of rotatable bonds is 5. The molecule has 2 aromatic carbocycles. The summed E-state index contributed by atoms with van der Waals surface area (Å²) in [5, 5.41) is 0. The molecule has 5 heteroatoms. The van der Waals surface area contributed by atoms with Crippen LogP contribution in [0.5, 0.6) is 5.75 Å². The van der Waals surface area contributed by atoms with E-state index in [9.17, 15) is 9.59 Å². The second-order valence-electron chi connectivity index (χ2n) is 7.00. The molecule has 1 saturated heterocycles. The minimum absolute atomic E-state index is 0.0231. The first-order chi connectivity index (χ1) is 11.8. The Hall–Kier alpha value is -2.50. The van der Waals surface area contributed by atoms with Crippen LogP contribution in [0.4, 0.5) is 0 Å². The van der Waals surface area contributed by atoms with Crippen LogP contribution in [0.2, 0.25) is 0 Å². The van der Waals surface area contributed by atoms with Gasteiger partial charge in [0.15, 0.2) is 0 Å². The summed E-state index contributed by atoms with van der Waals surface area (Å²) in [5.74, 6) is -2.29. The minimum atomic E-state index is -1.88. The number of carbonyl (C=O) groups is 2. The van der Waals surface area contributed by atoms with E-state index in [0.717, 1.165) is 5.56 Å². The Balaban J connectivity index is 1.84. The fourth-order valence-corrected chi connectivity index (χ4v) is 2.54. The molecule has 0 N–H and O–H groups in total. The van der Waals surface area contributed by atoms with Crippen LogP contribution in [0.25, 0.3) is 0 Å². The van der Waals surface area contributed by atoms with Crippen LogP contribution in [0.1, 0.15) is 47.1 Å². The van der Waals surface area contributed by atoms with Gasteiger partial charge >= 0.3 is 5.79 Å². The smallest absolute Gasteiger partial charge is 0.357 e. The third kappa shape index (κ3) is 3.21. The second-order valence-corrected chi connectivity index (χ2v) is 7.00. The van der Waals surface area contributed by atoms with Gasteiger partial charge in [-0.3, -0.25) is 9.59 Å². The number of benzene rings is 2. The van der Waals surface area contributed by atoms with Crippen molar-refractivity contribution in [1.82, 2.24) is 0 Å². The summed E-state index contributed by atoms with van der Waals surface area (Å²) < 4.78 is 5.06. The van der Waals surface area contributed by atoms with Gasteiger partial charge in [0.05, 0.1) is 7.11 Å². The number of methoxy groups -OCH3 is 1. The van der Waals surface area contributed by atoms with Crippen molar-refractivity contribution in [2.24, 2.45) is 0 Å². The van der Waals surface area contributed by atoms with Gasteiger partial charge in [-0.1, -0.05) is 45.0 Å². The maximum atomic E-state index is 12.7. The maximum absolute atomic E-state index is 12.7. The Morgan fingerprint density at radius 3 is 1.64 bits per heavy atom. The van der Waals surface area contributed by atoms with Crippen LogP contribution in [0.15, 0.2) is 48.5 Å². The van der Waals surface area contributed by atoms with Crippen LogP contribution in [-0.4, -0.2) is 24.5 Å². The lowest BCUT2D eigenvalue weighted by Crippen LogP contribution is -2.34. The molecule has 0 aromatic heterocycles. The summed E-state index contributed by atoms with van der Waals surface area (Å²) in [6.07, 6.45) is 0. The van der Waals surface area contributed by atoms with Gasteiger partial charge in [0, 0.05) is 11.1 Å². The van der Waals surface area contributed by atoms with Gasteiger partial charge in [-0.05, 0) is 35.2 Å². The number of ether oxygens (including phenoxy) is 1. The highest BCUT2D eigenvalue weighted by molar-refractivity contribution is 6.22. The summed E-state index contributed by atoms with van der Waals surface area (Å²) in [6, 6.07) is 13.6. The van der Waals surface area contributed by atoms with E-state index < -0.39 is 17.4 Å². The highest BCUT2D eigenvalue weighted by atomic mass is 17.4. The van der Waals surface area contributed by atoms with E-state index in [1.165, 1.54) is 7.11 Å². The van der Waals surface area contributed by atoms with Crippen molar-refractivity contribution in [3.63, 3.8) is 0 Å². The lowest BCUT2D eigenvalue weighted by Gasteiger charge is -2.19. The fourth-order valence-electron chi connectivity index (χ4n) is 2.54. The molecule has 3 rings (SSSR count). The lowest BCUT2D eigenvalue weighted by atomic mass is 9.86. The molecule has 1 heterocycles. The van der Waals surface area contributed by atoms with Crippen LogP contribution < -0.4 is 4.74 Å². The fraction of sp³-hybridized carbons (Fsp3) is 0.300. The zero-order chi connectivity index (χ0) is 18.2. The van der Waals surface area contributed by atoms with Crippen molar-refractivity contribution in [1.29, 1.82) is 0 Å². The highest BCUT2D eigenvalue weighted by Gasteiger charge is 2.63. The first-order valence-electron chi connectivity index (χ1n) is 7.99. The molecule has 0 saturated carbocycles. The first kappa shape index (κ1) is 17.3. The molecule has 0 unspecified atom stereocenters. The summed E-state index contributed by atoms with van der Waals surface area (Å²) >= 11 is 0. The zero-order valence-corrected chi connectivity index (χ0v) is 14.7. The maximum Gasteiger partial charge on any atom is 0.357 e. The average molecular weight is 340 g/mol. The van der Waals surface area contributed by atoms with Crippen molar-refractivity contribution in [3.05, 3.63) is 65.2 Å². The van der Waals surface area contributed by atoms with Gasteiger partial charge in [-0.15, -0.1) is 0 Å². The number of hydrogen-bond acceptors (Lipinski definition) is 5. The van der Waals surface area contributed by atoms with Crippen LogP contribution >= 0.6 is 0 Å². The molecule has 0 radical (unpaired) electrons. The van der Waals surface area contributed by atoms with Crippen molar-refractivity contribution in [2.75, 3.05) is 7.11 Å². The van der Waals surface area contributed by atoms with Gasteiger partial charge in [0.2, 0.25) is 11.6 Å². The average Bonchev–Trinajstić information content (AvgIpc) is 3.42. The molecule has 0 atom stereocenters. The molecular weight excluding hydrogens is 320 g/mol. The standard InChI is InChI=1S/C20H20O5/c1-19(2,3)15-9-5-13(6-10-15)17(21)20(24-25-20)18(22)14-7-11-16(23-4)12-8-14/h5-12H,1-4H3. The topological polar surface area (TPSA) is 68.4 Å². The van der Waals surface area contributed by atoms with Crippen molar-refractivity contribution >= 4 is 11.6 Å². The van der Waals surface area contributed by atoms with E-state index in [2.05, 4.69) is 20.8 Å². The monoisotopic (exact) mass is 340 g/mol. The van der Waals surface area contributed by atoms with Crippen LogP contribution in [0.3, 0.4) is 0 Å². The molecule has 2 aromatic rings. The lowest BCUT2D eigenvalue weighted by molar-refractivity contribution is 0.0751. The summed E-state index contributed by atoms with van der Waals surface area (Å²) in [7, 11) is 1.54. The number of hydrogen-bond donors (Lipinski definition) is 0. The molecule has 0 bridgehead atoms. The molecule has 25 heavy (non-hydrogen) atoms. The van der Waals surface area contributed by atoms with E-state index in [1.807, 2.05) is 12.1 Å². The van der Waals surface area contributed by atoms with E-state index in [1.54, 1.807) is 36.4 Å². The van der Waals surface area contributed by atoms with E-state index in [4.69, 9.17) is 14.5 Å². The van der Waals surface area contributed by atoms with Crippen LogP contribution in [-0.2, 0) is 15.2 Å². The van der Waals surface area contributed by atoms with Gasteiger partial charge in [0.25, 0.3) is 0 Å². The van der Waals surface area contributed by atoms with Crippen LogP contribution in [0, 0.1) is 0 Å². The Morgan fingerprint density at radius 1 is 0.840 bits per heavy atom. The molecule has 1 fully saturated rings. The predicted molar refractivity (Wildman–Crippen MR) is 91.7 cm³/mol. The van der Waals surface area contributed by atoms with Crippen molar-refractivity contribution in [3.8, 4) is 5.75 Å². The normalized spacial score (nSPS) is 15.5. The number of carbonyl (C=O) groups excluding carboxylic acids is 2. The van der Waals surface area contributed by atoms with Crippen molar-refractivity contribution in [2.45, 2.75) is 32.0 Å². The van der Waals surface area contributed by atoms with E-state index in [-0.39, 0.29) is 5.41 Å². The Labute approximate surface area is 146 Å². The largest absolute Gasteiger partial charge is 0.497 e. The Morgan fingerprint density at radius 2 is 1.28 bits per heavy atom. The van der Waals surface area contributed by atoms with E-state index in [0.29, 0.717) is 16.9 Å². The molecule has 1 aliphatic rings. The summed E-state index contributed by atoms with van der Waals surface area (Å²) in [6.45, 7) is 6.27. The van der Waals surface area contributed by atoms with Crippen molar-refractivity contribution < 1.29 is 24.1 Å². The predicted octanol–water partition coefficient (Wildman–Crippen LogP) is 3.72. The molecule has 0 amide bonds. The molecule has 0 spiro atoms. The molecule has 5 nitrogen and oxygen atoms in total. The van der Waals surface area contributed by atoms with Gasteiger partial charge in [-0.2, -0.15) is 9.78 Å². The minimum Gasteiger partial charge on any atom is -0.497 e. The Kier molecular flexibility index (Phi) is 4.22. The highest BCUT2D eigenvalue weighted by Crippen LogP contribution is 2.37.